The van der Waals surface area contributed by atoms with Crippen LogP contribution in [0.2, 0.25) is 0 Å². The number of halogens is 1. The Hall–Kier alpha value is -0.860. The molecule has 0 heterocycles. The fraction of sp³-hybridized carbons (Fsp3) is 0.167. The van der Waals surface area contributed by atoms with Gasteiger partial charge in [-0.1, -0.05) is 46.3 Å². The van der Waals surface area contributed by atoms with E-state index in [1.54, 1.807) is 6.92 Å². The van der Waals surface area contributed by atoms with E-state index in [2.05, 4.69) is 15.9 Å². The lowest BCUT2D eigenvalue weighted by Gasteiger charge is -2.10. The summed E-state index contributed by atoms with van der Waals surface area (Å²) in [5.74, 6) is 0. The van der Waals surface area contributed by atoms with E-state index in [9.17, 15) is 5.11 Å². The number of hydrogen-bond donors (Lipinski definition) is 1. The Morgan fingerprint density at radius 3 is 2.36 bits per heavy atom. The zero-order valence-corrected chi connectivity index (χ0v) is 9.45. The second-order valence-corrected chi connectivity index (χ2v) is 4.21. The van der Waals surface area contributed by atoms with E-state index in [0.29, 0.717) is 0 Å². The van der Waals surface area contributed by atoms with Crippen LogP contribution in [0.4, 0.5) is 0 Å². The van der Waals surface area contributed by atoms with Gasteiger partial charge in [0.2, 0.25) is 0 Å². The standard InChI is InChI=1S/C12H11BrO/c1-8(14)9-6-7-12(13)11-5-3-2-4-10(9)11/h2-8,14H,1H3/t8-/m1/s1. The summed E-state index contributed by atoms with van der Waals surface area (Å²) in [6, 6.07) is 12.0. The molecule has 0 saturated heterocycles. The van der Waals surface area contributed by atoms with Crippen LogP contribution in [0.1, 0.15) is 18.6 Å². The Morgan fingerprint density at radius 2 is 1.71 bits per heavy atom. The van der Waals surface area contributed by atoms with Gasteiger partial charge in [-0.15, -0.1) is 0 Å². The van der Waals surface area contributed by atoms with Crippen LogP contribution in [0.5, 0.6) is 0 Å². The van der Waals surface area contributed by atoms with E-state index in [-0.39, 0.29) is 0 Å². The van der Waals surface area contributed by atoms with Crippen LogP contribution in [-0.4, -0.2) is 5.11 Å². The molecule has 0 unspecified atom stereocenters. The highest BCUT2D eigenvalue weighted by Gasteiger charge is 2.07. The lowest BCUT2D eigenvalue weighted by atomic mass is 10.0. The maximum Gasteiger partial charge on any atom is 0.0767 e. The summed E-state index contributed by atoms with van der Waals surface area (Å²) in [5.41, 5.74) is 0.976. The number of benzene rings is 2. The Labute approximate surface area is 91.5 Å². The first-order valence-electron chi connectivity index (χ1n) is 4.55. The third-order valence-electron chi connectivity index (χ3n) is 2.35. The van der Waals surface area contributed by atoms with E-state index < -0.39 is 6.10 Å². The van der Waals surface area contributed by atoms with Crippen LogP contribution in [0.15, 0.2) is 40.9 Å². The van der Waals surface area contributed by atoms with Gasteiger partial charge in [0, 0.05) is 4.47 Å². The normalized spacial score (nSPS) is 13.1. The van der Waals surface area contributed by atoms with Crippen LogP contribution in [-0.2, 0) is 0 Å². The molecular weight excluding hydrogens is 240 g/mol. The Kier molecular flexibility index (Phi) is 2.57. The van der Waals surface area contributed by atoms with Gasteiger partial charge in [0.1, 0.15) is 0 Å². The van der Waals surface area contributed by atoms with Crippen molar-refractivity contribution in [3.8, 4) is 0 Å². The predicted octanol–water partition coefficient (Wildman–Crippen LogP) is 3.66. The molecule has 2 heteroatoms. The maximum absolute atomic E-state index is 9.60. The lowest BCUT2D eigenvalue weighted by molar-refractivity contribution is 0.201. The molecule has 0 spiro atoms. The topological polar surface area (TPSA) is 20.2 Å². The molecule has 0 saturated carbocycles. The van der Waals surface area contributed by atoms with Crippen molar-refractivity contribution in [3.05, 3.63) is 46.4 Å². The van der Waals surface area contributed by atoms with Crippen molar-refractivity contribution < 1.29 is 5.11 Å². The molecule has 0 aromatic heterocycles. The van der Waals surface area contributed by atoms with Gasteiger partial charge < -0.3 is 5.11 Å². The summed E-state index contributed by atoms with van der Waals surface area (Å²) < 4.78 is 1.07. The molecule has 1 atom stereocenters. The first kappa shape index (κ1) is 9.69. The molecule has 1 nitrogen and oxygen atoms in total. The zero-order valence-electron chi connectivity index (χ0n) is 7.87. The quantitative estimate of drug-likeness (QED) is 0.820. The van der Waals surface area contributed by atoms with Crippen molar-refractivity contribution in [2.75, 3.05) is 0 Å². The highest BCUT2D eigenvalue weighted by molar-refractivity contribution is 9.10. The van der Waals surface area contributed by atoms with Gasteiger partial charge in [-0.3, -0.25) is 0 Å². The van der Waals surface area contributed by atoms with Crippen molar-refractivity contribution in [2.45, 2.75) is 13.0 Å². The molecule has 0 radical (unpaired) electrons. The van der Waals surface area contributed by atoms with E-state index >= 15 is 0 Å². The first-order chi connectivity index (χ1) is 6.70. The minimum absolute atomic E-state index is 0.423. The van der Waals surface area contributed by atoms with Crippen molar-refractivity contribution in [2.24, 2.45) is 0 Å². The van der Waals surface area contributed by atoms with Gasteiger partial charge in [-0.25, -0.2) is 0 Å². The van der Waals surface area contributed by atoms with Gasteiger partial charge in [0.05, 0.1) is 6.10 Å². The van der Waals surface area contributed by atoms with Gasteiger partial charge in [0.25, 0.3) is 0 Å². The van der Waals surface area contributed by atoms with Crippen LogP contribution in [0.3, 0.4) is 0 Å². The number of rotatable bonds is 1. The number of aliphatic hydroxyl groups is 1. The smallest absolute Gasteiger partial charge is 0.0767 e. The summed E-state index contributed by atoms with van der Waals surface area (Å²) in [5, 5.41) is 11.8. The second-order valence-electron chi connectivity index (χ2n) is 3.36. The molecule has 0 aliphatic carbocycles. The fourth-order valence-electron chi connectivity index (χ4n) is 1.65. The molecule has 0 bridgehead atoms. The summed E-state index contributed by atoms with van der Waals surface area (Å²) in [7, 11) is 0. The minimum atomic E-state index is -0.423. The average molecular weight is 251 g/mol. The van der Waals surface area contributed by atoms with Crippen LogP contribution < -0.4 is 0 Å². The maximum atomic E-state index is 9.60. The van der Waals surface area contributed by atoms with Crippen LogP contribution in [0.25, 0.3) is 10.8 Å². The summed E-state index contributed by atoms with van der Waals surface area (Å²) in [6.07, 6.45) is -0.423. The number of aliphatic hydroxyl groups excluding tert-OH is 1. The monoisotopic (exact) mass is 250 g/mol. The minimum Gasteiger partial charge on any atom is -0.389 e. The highest BCUT2D eigenvalue weighted by Crippen LogP contribution is 2.29. The summed E-state index contributed by atoms with van der Waals surface area (Å²) in [6.45, 7) is 1.79. The lowest BCUT2D eigenvalue weighted by Crippen LogP contribution is -1.92. The van der Waals surface area contributed by atoms with Crippen molar-refractivity contribution >= 4 is 26.7 Å². The summed E-state index contributed by atoms with van der Waals surface area (Å²) >= 11 is 3.50. The molecule has 2 aromatic carbocycles. The largest absolute Gasteiger partial charge is 0.389 e. The van der Waals surface area contributed by atoms with E-state index in [1.807, 2.05) is 36.4 Å². The summed E-state index contributed by atoms with van der Waals surface area (Å²) in [4.78, 5) is 0. The highest BCUT2D eigenvalue weighted by atomic mass is 79.9. The van der Waals surface area contributed by atoms with Crippen molar-refractivity contribution in [1.82, 2.24) is 0 Å². The molecule has 0 fully saturated rings. The van der Waals surface area contributed by atoms with E-state index in [0.717, 1.165) is 20.8 Å². The number of hydrogen-bond acceptors (Lipinski definition) is 1. The van der Waals surface area contributed by atoms with E-state index in [1.165, 1.54) is 0 Å². The predicted molar refractivity (Wildman–Crippen MR) is 62.3 cm³/mol. The third kappa shape index (κ3) is 1.56. The Bertz CT molecular complexity index is 463. The molecule has 0 amide bonds. The van der Waals surface area contributed by atoms with Crippen LogP contribution >= 0.6 is 15.9 Å². The molecule has 0 aliphatic heterocycles. The van der Waals surface area contributed by atoms with Gasteiger partial charge >= 0.3 is 0 Å². The zero-order chi connectivity index (χ0) is 10.1. The van der Waals surface area contributed by atoms with Crippen molar-refractivity contribution in [3.63, 3.8) is 0 Å². The molecule has 2 aromatic rings. The van der Waals surface area contributed by atoms with Crippen LogP contribution in [0, 0.1) is 0 Å². The second kappa shape index (κ2) is 3.71. The Morgan fingerprint density at radius 1 is 1.07 bits per heavy atom. The first-order valence-corrected chi connectivity index (χ1v) is 5.34. The number of fused-ring (bicyclic) bond motifs is 1. The van der Waals surface area contributed by atoms with Crippen molar-refractivity contribution in [1.29, 1.82) is 0 Å². The molecule has 2 rings (SSSR count). The van der Waals surface area contributed by atoms with E-state index in [4.69, 9.17) is 0 Å². The van der Waals surface area contributed by atoms with Gasteiger partial charge in [-0.05, 0) is 29.3 Å². The molecule has 1 N–H and O–H groups in total. The average Bonchev–Trinajstić information content (AvgIpc) is 2.18. The third-order valence-corrected chi connectivity index (χ3v) is 3.05. The SMILES string of the molecule is C[C@@H](O)c1ccc(Br)c2ccccc12. The molecule has 0 aliphatic rings. The molecular formula is C12H11BrO. The fourth-order valence-corrected chi connectivity index (χ4v) is 2.13. The van der Waals surface area contributed by atoms with Gasteiger partial charge in [0.15, 0.2) is 0 Å². The molecule has 72 valence electrons. The molecule has 14 heavy (non-hydrogen) atoms. The van der Waals surface area contributed by atoms with Gasteiger partial charge in [-0.2, -0.15) is 0 Å². The Balaban J connectivity index is 2.82.